The molecule has 1 saturated heterocycles. The Morgan fingerprint density at radius 2 is 2.35 bits per heavy atom. The fourth-order valence-corrected chi connectivity index (χ4v) is 2.28. The van der Waals surface area contributed by atoms with Crippen LogP contribution in [0.2, 0.25) is 0 Å². The molecule has 0 aromatic heterocycles. The van der Waals surface area contributed by atoms with Crippen LogP contribution in [0.4, 0.5) is 10.1 Å². The lowest BCUT2D eigenvalue weighted by atomic mass is 10.1. The van der Waals surface area contributed by atoms with Crippen molar-refractivity contribution in [3.05, 3.63) is 24.0 Å². The molecule has 1 aromatic carbocycles. The van der Waals surface area contributed by atoms with Crippen LogP contribution in [0.3, 0.4) is 0 Å². The van der Waals surface area contributed by atoms with Crippen molar-refractivity contribution in [1.82, 2.24) is 5.32 Å². The largest absolute Gasteiger partial charge is 0.497 e. The highest BCUT2D eigenvalue weighted by Gasteiger charge is 2.23. The molecule has 1 fully saturated rings. The molecular weight excluding hydrogens is 219 g/mol. The summed E-state index contributed by atoms with van der Waals surface area (Å²) in [6, 6.07) is 5.26. The first-order valence-corrected chi connectivity index (χ1v) is 6.07. The molecule has 1 aliphatic heterocycles. The van der Waals surface area contributed by atoms with Gasteiger partial charge in [0.25, 0.3) is 0 Å². The molecular formula is C13H19FN2O. The number of nitrogens with zero attached hydrogens (tertiary/aromatic N) is 1. The van der Waals surface area contributed by atoms with Crippen LogP contribution in [0.1, 0.15) is 13.3 Å². The molecule has 1 unspecified atom stereocenters. The zero-order valence-corrected chi connectivity index (χ0v) is 10.4. The Kier molecular flexibility index (Phi) is 3.84. The first-order valence-electron chi connectivity index (χ1n) is 6.07. The van der Waals surface area contributed by atoms with Gasteiger partial charge in [0.2, 0.25) is 0 Å². The van der Waals surface area contributed by atoms with Crippen molar-refractivity contribution in [3.63, 3.8) is 0 Å². The number of hydrogen-bond donors (Lipinski definition) is 1. The molecule has 17 heavy (non-hydrogen) atoms. The van der Waals surface area contributed by atoms with Crippen LogP contribution in [0.15, 0.2) is 18.2 Å². The SMILES string of the molecule is CCC1CNCCN1c1cc(OC)ccc1F. The third-order valence-corrected chi connectivity index (χ3v) is 3.28. The van der Waals surface area contributed by atoms with Gasteiger partial charge in [-0.3, -0.25) is 0 Å². The highest BCUT2D eigenvalue weighted by atomic mass is 19.1. The van der Waals surface area contributed by atoms with E-state index in [1.54, 1.807) is 19.2 Å². The van der Waals surface area contributed by atoms with Gasteiger partial charge in [0, 0.05) is 31.7 Å². The smallest absolute Gasteiger partial charge is 0.146 e. The summed E-state index contributed by atoms with van der Waals surface area (Å²) in [7, 11) is 1.60. The second kappa shape index (κ2) is 5.36. The minimum atomic E-state index is -0.175. The molecule has 0 saturated carbocycles. The van der Waals surface area contributed by atoms with Crippen LogP contribution in [-0.4, -0.2) is 32.8 Å². The van der Waals surface area contributed by atoms with E-state index in [1.807, 2.05) is 0 Å². The van der Waals surface area contributed by atoms with Crippen LogP contribution in [-0.2, 0) is 0 Å². The van der Waals surface area contributed by atoms with Gasteiger partial charge in [-0.1, -0.05) is 6.92 Å². The molecule has 0 amide bonds. The van der Waals surface area contributed by atoms with Crippen molar-refractivity contribution in [2.45, 2.75) is 19.4 Å². The van der Waals surface area contributed by atoms with Crippen molar-refractivity contribution >= 4 is 5.69 Å². The summed E-state index contributed by atoms with van der Waals surface area (Å²) >= 11 is 0. The second-order valence-electron chi connectivity index (χ2n) is 4.28. The first kappa shape index (κ1) is 12.2. The predicted octanol–water partition coefficient (Wildman–Crippen LogP) is 2.02. The number of benzene rings is 1. The number of anilines is 1. The van der Waals surface area contributed by atoms with Gasteiger partial charge in [0.1, 0.15) is 11.6 Å². The van der Waals surface area contributed by atoms with E-state index >= 15 is 0 Å². The van der Waals surface area contributed by atoms with E-state index < -0.39 is 0 Å². The van der Waals surface area contributed by atoms with E-state index in [2.05, 4.69) is 17.1 Å². The van der Waals surface area contributed by atoms with Crippen LogP contribution in [0.25, 0.3) is 0 Å². The Balaban J connectivity index is 2.30. The van der Waals surface area contributed by atoms with E-state index in [-0.39, 0.29) is 5.82 Å². The number of rotatable bonds is 3. The predicted molar refractivity (Wildman–Crippen MR) is 67.2 cm³/mol. The zero-order chi connectivity index (χ0) is 12.3. The average Bonchev–Trinajstić information content (AvgIpc) is 2.39. The Bertz CT molecular complexity index is 384. The quantitative estimate of drug-likeness (QED) is 0.872. The van der Waals surface area contributed by atoms with Crippen molar-refractivity contribution < 1.29 is 9.13 Å². The van der Waals surface area contributed by atoms with E-state index in [0.29, 0.717) is 17.5 Å². The summed E-state index contributed by atoms with van der Waals surface area (Å²) in [6.07, 6.45) is 1.00. The molecule has 1 atom stereocenters. The van der Waals surface area contributed by atoms with Crippen LogP contribution >= 0.6 is 0 Å². The van der Waals surface area contributed by atoms with Gasteiger partial charge < -0.3 is 15.0 Å². The van der Waals surface area contributed by atoms with Crippen molar-refractivity contribution in [3.8, 4) is 5.75 Å². The van der Waals surface area contributed by atoms with Crippen molar-refractivity contribution in [1.29, 1.82) is 0 Å². The van der Waals surface area contributed by atoms with E-state index in [4.69, 9.17) is 4.74 Å². The summed E-state index contributed by atoms with van der Waals surface area (Å²) in [5.74, 6) is 0.529. The summed E-state index contributed by atoms with van der Waals surface area (Å²) in [5.41, 5.74) is 0.651. The lowest BCUT2D eigenvalue weighted by Crippen LogP contribution is -2.51. The molecule has 0 aliphatic carbocycles. The monoisotopic (exact) mass is 238 g/mol. The Labute approximate surface area is 102 Å². The molecule has 1 N–H and O–H groups in total. The highest BCUT2D eigenvalue weighted by Crippen LogP contribution is 2.27. The van der Waals surface area contributed by atoms with Gasteiger partial charge in [-0.25, -0.2) is 4.39 Å². The topological polar surface area (TPSA) is 24.5 Å². The number of piperazine rings is 1. The summed E-state index contributed by atoms with van der Waals surface area (Å²) in [4.78, 5) is 2.13. The molecule has 1 aliphatic rings. The van der Waals surface area contributed by atoms with Gasteiger partial charge in [-0.15, -0.1) is 0 Å². The van der Waals surface area contributed by atoms with Crippen LogP contribution in [0.5, 0.6) is 5.75 Å². The lowest BCUT2D eigenvalue weighted by Gasteiger charge is -2.37. The molecule has 1 heterocycles. The van der Waals surface area contributed by atoms with Crippen LogP contribution < -0.4 is 15.0 Å². The highest BCUT2D eigenvalue weighted by molar-refractivity contribution is 5.53. The van der Waals surface area contributed by atoms with Gasteiger partial charge in [0.05, 0.1) is 12.8 Å². The number of halogens is 1. The Morgan fingerprint density at radius 3 is 3.06 bits per heavy atom. The van der Waals surface area contributed by atoms with Gasteiger partial charge in [0.15, 0.2) is 0 Å². The van der Waals surface area contributed by atoms with E-state index in [0.717, 1.165) is 26.1 Å². The maximum atomic E-state index is 13.9. The summed E-state index contributed by atoms with van der Waals surface area (Å²) in [6.45, 7) is 4.77. The van der Waals surface area contributed by atoms with Crippen molar-refractivity contribution in [2.75, 3.05) is 31.6 Å². The zero-order valence-electron chi connectivity index (χ0n) is 10.4. The maximum Gasteiger partial charge on any atom is 0.146 e. The van der Waals surface area contributed by atoms with Crippen LogP contribution in [0, 0.1) is 5.82 Å². The average molecular weight is 238 g/mol. The molecule has 3 nitrogen and oxygen atoms in total. The fraction of sp³-hybridized carbons (Fsp3) is 0.538. The molecule has 0 spiro atoms. The van der Waals surface area contributed by atoms with Gasteiger partial charge in [-0.2, -0.15) is 0 Å². The molecule has 1 aromatic rings. The molecule has 2 rings (SSSR count). The molecule has 0 radical (unpaired) electrons. The minimum absolute atomic E-state index is 0.175. The number of nitrogens with one attached hydrogen (secondary N) is 1. The first-order chi connectivity index (χ1) is 8.26. The molecule has 0 bridgehead atoms. The second-order valence-corrected chi connectivity index (χ2v) is 4.28. The number of methoxy groups -OCH3 is 1. The normalized spacial score (nSPS) is 20.4. The fourth-order valence-electron chi connectivity index (χ4n) is 2.28. The minimum Gasteiger partial charge on any atom is -0.497 e. The maximum absolute atomic E-state index is 13.9. The molecule has 4 heteroatoms. The molecule has 94 valence electrons. The standard InChI is InChI=1S/C13H19FN2O/c1-3-10-9-15-6-7-16(10)13-8-11(17-2)4-5-12(13)14/h4-5,8,10,15H,3,6-7,9H2,1-2H3. The van der Waals surface area contributed by atoms with Gasteiger partial charge in [-0.05, 0) is 18.6 Å². The Morgan fingerprint density at radius 1 is 1.53 bits per heavy atom. The third kappa shape index (κ3) is 2.52. The number of ether oxygens (including phenoxy) is 1. The number of hydrogen-bond acceptors (Lipinski definition) is 3. The summed E-state index contributed by atoms with van der Waals surface area (Å²) in [5, 5.41) is 3.34. The Hall–Kier alpha value is -1.29. The summed E-state index contributed by atoms with van der Waals surface area (Å²) < 4.78 is 19.0. The van der Waals surface area contributed by atoms with Crippen molar-refractivity contribution in [2.24, 2.45) is 0 Å². The lowest BCUT2D eigenvalue weighted by molar-refractivity contribution is 0.411. The third-order valence-electron chi connectivity index (χ3n) is 3.28. The van der Waals surface area contributed by atoms with Gasteiger partial charge >= 0.3 is 0 Å². The van der Waals surface area contributed by atoms with E-state index in [9.17, 15) is 4.39 Å². The van der Waals surface area contributed by atoms with E-state index in [1.165, 1.54) is 6.07 Å².